The number of carbonyl (C=O) groups excluding carboxylic acids is 1. The van der Waals surface area contributed by atoms with Crippen molar-refractivity contribution in [1.29, 1.82) is 0 Å². The zero-order chi connectivity index (χ0) is 14.7. The maximum atomic E-state index is 11.9. The van der Waals surface area contributed by atoms with Crippen LogP contribution in [0.15, 0.2) is 18.2 Å². The van der Waals surface area contributed by atoms with Crippen molar-refractivity contribution in [3.05, 3.63) is 18.2 Å². The van der Waals surface area contributed by atoms with Crippen LogP contribution in [0.2, 0.25) is 0 Å². The molecule has 0 unspecified atom stereocenters. The molecule has 2 aromatic rings. The molecule has 1 saturated carbocycles. The Bertz CT molecular complexity index is 637. The summed E-state index contributed by atoms with van der Waals surface area (Å²) in [4.78, 5) is 16.3. The molecule has 0 saturated heterocycles. The van der Waals surface area contributed by atoms with Crippen molar-refractivity contribution in [3.63, 3.8) is 0 Å². The molecule has 5 nitrogen and oxygen atoms in total. The van der Waals surface area contributed by atoms with Gasteiger partial charge in [0.1, 0.15) is 5.75 Å². The highest BCUT2D eigenvalue weighted by Crippen LogP contribution is 2.29. The summed E-state index contributed by atoms with van der Waals surface area (Å²) in [6.45, 7) is 3.33. The maximum Gasteiger partial charge on any atom is 0.227 e. The van der Waals surface area contributed by atoms with Gasteiger partial charge < -0.3 is 15.4 Å². The quantitative estimate of drug-likeness (QED) is 0.825. The number of aromatic nitrogens is 1. The lowest BCUT2D eigenvalue weighted by molar-refractivity contribution is -0.116. The van der Waals surface area contributed by atoms with Gasteiger partial charge in [-0.3, -0.25) is 4.79 Å². The lowest BCUT2D eigenvalue weighted by atomic mass is 10.3. The minimum atomic E-state index is 0.00670. The lowest BCUT2D eigenvalue weighted by Gasteiger charge is -2.02. The van der Waals surface area contributed by atoms with Crippen LogP contribution >= 0.6 is 11.3 Å². The van der Waals surface area contributed by atoms with Gasteiger partial charge in [0, 0.05) is 19.0 Å². The minimum absolute atomic E-state index is 0.00670. The highest BCUT2D eigenvalue weighted by molar-refractivity contribution is 7.22. The Morgan fingerprint density at radius 3 is 3.10 bits per heavy atom. The number of rotatable bonds is 7. The molecule has 112 valence electrons. The van der Waals surface area contributed by atoms with Crippen molar-refractivity contribution in [3.8, 4) is 5.75 Å². The fourth-order valence-electron chi connectivity index (χ4n) is 2.07. The van der Waals surface area contributed by atoms with Crippen molar-refractivity contribution in [2.45, 2.75) is 32.2 Å². The third kappa shape index (κ3) is 3.92. The Kier molecular flexibility index (Phi) is 4.36. The number of anilines is 1. The van der Waals surface area contributed by atoms with E-state index in [1.165, 1.54) is 24.2 Å². The summed E-state index contributed by atoms with van der Waals surface area (Å²) in [6, 6.07) is 6.41. The van der Waals surface area contributed by atoms with E-state index in [9.17, 15) is 4.79 Å². The molecule has 0 atom stereocenters. The number of thiazole rings is 1. The number of nitrogens with one attached hydrogen (secondary N) is 2. The van der Waals surface area contributed by atoms with Crippen LogP contribution in [0, 0.1) is 0 Å². The Morgan fingerprint density at radius 1 is 1.48 bits per heavy atom. The first-order chi connectivity index (χ1) is 10.2. The Hall–Kier alpha value is -1.66. The molecule has 21 heavy (non-hydrogen) atoms. The first-order valence-electron chi connectivity index (χ1n) is 7.31. The van der Waals surface area contributed by atoms with Gasteiger partial charge in [-0.1, -0.05) is 11.3 Å². The molecule has 1 heterocycles. The molecule has 1 aromatic carbocycles. The zero-order valence-electron chi connectivity index (χ0n) is 12.0. The predicted octanol–water partition coefficient (Wildman–Crippen LogP) is 2.78. The summed E-state index contributed by atoms with van der Waals surface area (Å²) >= 11 is 1.47. The molecule has 1 amide bonds. The molecule has 2 N–H and O–H groups in total. The van der Waals surface area contributed by atoms with Gasteiger partial charge in [0.05, 0.1) is 16.8 Å². The molecule has 0 radical (unpaired) electrons. The standard InChI is InChI=1S/C15H19N3O2S/c1-2-20-11-5-6-12-13(9-11)21-15(17-12)18-14(19)7-8-16-10-3-4-10/h5-6,9-10,16H,2-4,7-8H2,1H3,(H,17,18,19). The highest BCUT2D eigenvalue weighted by Gasteiger charge is 2.20. The molecular weight excluding hydrogens is 286 g/mol. The first-order valence-corrected chi connectivity index (χ1v) is 8.13. The first kappa shape index (κ1) is 14.3. The molecule has 0 aliphatic heterocycles. The van der Waals surface area contributed by atoms with E-state index in [-0.39, 0.29) is 5.91 Å². The summed E-state index contributed by atoms with van der Waals surface area (Å²) in [5, 5.41) is 6.84. The molecule has 1 aromatic heterocycles. The molecule has 0 spiro atoms. The Morgan fingerprint density at radius 2 is 2.33 bits per heavy atom. The van der Waals surface area contributed by atoms with E-state index in [0.717, 1.165) is 22.5 Å². The van der Waals surface area contributed by atoms with Crippen LogP contribution in [0.5, 0.6) is 5.75 Å². The SMILES string of the molecule is CCOc1ccc2nc(NC(=O)CCNC3CC3)sc2c1. The van der Waals surface area contributed by atoms with Gasteiger partial charge >= 0.3 is 0 Å². The molecule has 6 heteroatoms. The van der Waals surface area contributed by atoms with Crippen LogP contribution in [-0.2, 0) is 4.79 Å². The normalized spacial score (nSPS) is 14.3. The Labute approximate surface area is 127 Å². The van der Waals surface area contributed by atoms with Crippen molar-refractivity contribution in [1.82, 2.24) is 10.3 Å². The second kappa shape index (κ2) is 6.41. The van der Waals surface area contributed by atoms with E-state index in [4.69, 9.17) is 4.74 Å². The van der Waals surface area contributed by atoms with Gasteiger partial charge in [-0.15, -0.1) is 0 Å². The molecular formula is C15H19N3O2S. The summed E-state index contributed by atoms with van der Waals surface area (Å²) in [5.74, 6) is 0.840. The second-order valence-corrected chi connectivity index (χ2v) is 6.14. The van der Waals surface area contributed by atoms with Gasteiger partial charge in [0.2, 0.25) is 5.91 Å². The average molecular weight is 305 g/mol. The minimum Gasteiger partial charge on any atom is -0.494 e. The van der Waals surface area contributed by atoms with E-state index < -0.39 is 0 Å². The summed E-state index contributed by atoms with van der Waals surface area (Å²) in [6.07, 6.45) is 2.96. The van der Waals surface area contributed by atoms with Gasteiger partial charge in [0.15, 0.2) is 5.13 Å². The zero-order valence-corrected chi connectivity index (χ0v) is 12.8. The van der Waals surface area contributed by atoms with Crippen molar-refractivity contribution >= 4 is 32.6 Å². The van der Waals surface area contributed by atoms with E-state index in [1.807, 2.05) is 25.1 Å². The summed E-state index contributed by atoms with van der Waals surface area (Å²) < 4.78 is 6.49. The fourth-order valence-corrected chi connectivity index (χ4v) is 2.98. The van der Waals surface area contributed by atoms with Crippen LogP contribution < -0.4 is 15.4 Å². The third-order valence-corrected chi connectivity index (χ3v) is 4.21. The third-order valence-electron chi connectivity index (χ3n) is 3.28. The second-order valence-electron chi connectivity index (χ2n) is 5.11. The van der Waals surface area contributed by atoms with Gasteiger partial charge in [0.25, 0.3) is 0 Å². The molecule has 1 aliphatic rings. The number of nitrogens with zero attached hydrogens (tertiary/aromatic N) is 1. The molecule has 1 aliphatic carbocycles. The lowest BCUT2D eigenvalue weighted by Crippen LogP contribution is -2.23. The molecule has 0 bridgehead atoms. The summed E-state index contributed by atoms with van der Waals surface area (Å²) in [5.41, 5.74) is 0.884. The highest BCUT2D eigenvalue weighted by atomic mass is 32.1. The van der Waals surface area contributed by atoms with Crippen molar-refractivity contribution in [2.75, 3.05) is 18.5 Å². The number of carbonyl (C=O) groups is 1. The number of benzene rings is 1. The Balaban J connectivity index is 1.59. The van der Waals surface area contributed by atoms with E-state index in [1.54, 1.807) is 0 Å². The smallest absolute Gasteiger partial charge is 0.227 e. The molecule has 1 fully saturated rings. The van der Waals surface area contributed by atoms with Crippen LogP contribution in [-0.4, -0.2) is 30.1 Å². The molecule has 3 rings (SSSR count). The maximum absolute atomic E-state index is 11.9. The number of hydrogen-bond acceptors (Lipinski definition) is 5. The van der Waals surface area contributed by atoms with Crippen LogP contribution in [0.4, 0.5) is 5.13 Å². The largest absolute Gasteiger partial charge is 0.494 e. The van der Waals surface area contributed by atoms with E-state index in [2.05, 4.69) is 15.6 Å². The summed E-state index contributed by atoms with van der Waals surface area (Å²) in [7, 11) is 0. The van der Waals surface area contributed by atoms with E-state index in [0.29, 0.717) is 24.2 Å². The topological polar surface area (TPSA) is 63.2 Å². The van der Waals surface area contributed by atoms with Crippen LogP contribution in [0.1, 0.15) is 26.2 Å². The number of amides is 1. The van der Waals surface area contributed by atoms with Gasteiger partial charge in [-0.25, -0.2) is 4.98 Å². The van der Waals surface area contributed by atoms with Crippen LogP contribution in [0.25, 0.3) is 10.2 Å². The predicted molar refractivity (Wildman–Crippen MR) is 85.1 cm³/mol. The van der Waals surface area contributed by atoms with Crippen molar-refractivity contribution in [2.24, 2.45) is 0 Å². The average Bonchev–Trinajstić information content (AvgIpc) is 3.18. The van der Waals surface area contributed by atoms with Gasteiger partial charge in [-0.2, -0.15) is 0 Å². The van der Waals surface area contributed by atoms with E-state index >= 15 is 0 Å². The van der Waals surface area contributed by atoms with Crippen molar-refractivity contribution < 1.29 is 9.53 Å². The number of hydrogen-bond donors (Lipinski definition) is 2. The van der Waals surface area contributed by atoms with Crippen LogP contribution in [0.3, 0.4) is 0 Å². The number of fused-ring (bicyclic) bond motifs is 1. The number of ether oxygens (including phenoxy) is 1. The van der Waals surface area contributed by atoms with Gasteiger partial charge in [-0.05, 0) is 38.0 Å². The monoisotopic (exact) mass is 305 g/mol. The fraction of sp³-hybridized carbons (Fsp3) is 0.467.